The number of carbonyl (C=O) groups is 5. The average Bonchev–Trinajstić information content (AvgIpc) is 3.80. The number of aliphatic carboxylic acids is 1. The highest BCUT2D eigenvalue weighted by atomic mass is 32.1. The molecule has 4 rings (SSSR count). The van der Waals surface area contributed by atoms with Crippen molar-refractivity contribution in [3.05, 3.63) is 52.0 Å². The minimum atomic E-state index is -0.942. The molecule has 2 fully saturated rings. The maximum Gasteiger partial charge on any atom is 0.306 e. The Bertz CT molecular complexity index is 1510. The molecule has 1 aromatic carbocycles. The van der Waals surface area contributed by atoms with E-state index in [1.54, 1.807) is 24.3 Å². The number of nitrogens with zero attached hydrogens (tertiary/aromatic N) is 3. The summed E-state index contributed by atoms with van der Waals surface area (Å²) in [5.41, 5.74) is 1.10. The predicted octanol–water partition coefficient (Wildman–Crippen LogP) is 4.70. The molecule has 7 atom stereocenters. The Morgan fingerprint density at radius 3 is 2.35 bits per heavy atom. The molecule has 0 radical (unpaired) electrons. The zero-order valence-electron chi connectivity index (χ0n) is 31.0. The number of rotatable bonds is 17. The van der Waals surface area contributed by atoms with E-state index in [4.69, 9.17) is 4.74 Å². The number of likely N-dealkylation sites (tertiary alicyclic amines) is 1. The molecule has 0 spiro atoms. The van der Waals surface area contributed by atoms with Crippen LogP contribution in [0.4, 0.5) is 0 Å². The van der Waals surface area contributed by atoms with E-state index in [1.165, 1.54) is 18.3 Å². The second-order valence-corrected chi connectivity index (χ2v) is 15.8. The Hall–Kier alpha value is -3.84. The normalized spacial score (nSPS) is 20.8. The summed E-state index contributed by atoms with van der Waals surface area (Å²) in [5, 5.41) is 17.6. The van der Waals surface area contributed by atoms with Crippen molar-refractivity contribution in [1.82, 2.24) is 25.4 Å². The number of ether oxygens (including phenoxy) is 1. The van der Waals surface area contributed by atoms with Crippen LogP contribution in [-0.2, 0) is 30.3 Å². The van der Waals surface area contributed by atoms with Gasteiger partial charge in [0.2, 0.25) is 11.8 Å². The van der Waals surface area contributed by atoms with Crippen LogP contribution in [-0.4, -0.2) is 94.4 Å². The van der Waals surface area contributed by atoms with Crippen LogP contribution in [0.25, 0.3) is 0 Å². The molecule has 1 aliphatic carbocycles. The molecule has 3 amide bonds. The summed E-state index contributed by atoms with van der Waals surface area (Å²) in [6, 6.07) is 7.81. The minimum Gasteiger partial charge on any atom is -0.481 e. The van der Waals surface area contributed by atoms with Gasteiger partial charge in [-0.05, 0) is 75.4 Å². The lowest BCUT2D eigenvalue weighted by Crippen LogP contribution is -2.57. The zero-order valence-corrected chi connectivity index (χ0v) is 31.8. The molecule has 1 aliphatic heterocycles. The molecule has 2 aromatic rings. The molecule has 2 heterocycles. The van der Waals surface area contributed by atoms with Crippen LogP contribution in [0.3, 0.4) is 0 Å². The number of carbonyl (C=O) groups excluding carboxylic acids is 4. The predicted molar refractivity (Wildman–Crippen MR) is 195 cm³/mol. The highest BCUT2D eigenvalue weighted by Gasteiger charge is 2.43. The molecule has 51 heavy (non-hydrogen) atoms. The Morgan fingerprint density at radius 1 is 1.06 bits per heavy atom. The SMILES string of the molecule is CC(=O)O[C@H](C[C@H](C(C)C)N(C)C(=O)[C@@H](NC(=O)[C@H]1CC(C)CCN1C)C1CC1)c1nc(C(=O)N[C@@H](Cc2ccccc2)C[C@H](C)C(=O)O)cs1. The van der Waals surface area contributed by atoms with E-state index in [-0.39, 0.29) is 54.3 Å². The van der Waals surface area contributed by atoms with Crippen LogP contribution >= 0.6 is 11.3 Å². The number of thiazole rings is 1. The molecule has 3 N–H and O–H groups in total. The third kappa shape index (κ3) is 11.3. The number of nitrogens with one attached hydrogen (secondary N) is 2. The molecular weight excluding hydrogens is 671 g/mol. The molecule has 12 nitrogen and oxygen atoms in total. The summed E-state index contributed by atoms with van der Waals surface area (Å²) in [4.78, 5) is 73.3. The Kier molecular flexibility index (Phi) is 14.2. The first-order valence-electron chi connectivity index (χ1n) is 18.1. The van der Waals surface area contributed by atoms with Crippen LogP contribution in [0.2, 0.25) is 0 Å². The van der Waals surface area contributed by atoms with Crippen molar-refractivity contribution in [2.24, 2.45) is 23.7 Å². The molecule has 1 unspecified atom stereocenters. The number of esters is 1. The molecule has 13 heteroatoms. The molecule has 1 saturated carbocycles. The van der Waals surface area contributed by atoms with E-state index in [2.05, 4.69) is 27.4 Å². The number of benzene rings is 1. The Balaban J connectivity index is 1.49. The van der Waals surface area contributed by atoms with E-state index < -0.39 is 42.0 Å². The fraction of sp³-hybridized carbons (Fsp3) is 0.632. The maximum absolute atomic E-state index is 14.1. The molecule has 2 aliphatic rings. The molecule has 0 bridgehead atoms. The van der Waals surface area contributed by atoms with Crippen molar-refractivity contribution in [2.75, 3.05) is 20.6 Å². The molecule has 1 saturated heterocycles. The van der Waals surface area contributed by atoms with Gasteiger partial charge in [-0.25, -0.2) is 4.98 Å². The van der Waals surface area contributed by atoms with Crippen molar-refractivity contribution in [2.45, 2.75) is 110 Å². The highest BCUT2D eigenvalue weighted by molar-refractivity contribution is 7.09. The van der Waals surface area contributed by atoms with E-state index in [0.717, 1.165) is 37.8 Å². The summed E-state index contributed by atoms with van der Waals surface area (Å²) < 4.78 is 5.76. The van der Waals surface area contributed by atoms with Gasteiger partial charge in [0.15, 0.2) is 6.10 Å². The van der Waals surface area contributed by atoms with Crippen LogP contribution in [0.1, 0.15) is 100 Å². The first kappa shape index (κ1) is 39.9. The summed E-state index contributed by atoms with van der Waals surface area (Å²) >= 11 is 1.19. The lowest BCUT2D eigenvalue weighted by molar-refractivity contribution is -0.149. The van der Waals surface area contributed by atoms with E-state index in [1.807, 2.05) is 51.2 Å². The molecule has 280 valence electrons. The second-order valence-electron chi connectivity index (χ2n) is 15.0. The lowest BCUT2D eigenvalue weighted by atomic mass is 9.92. The van der Waals surface area contributed by atoms with Crippen molar-refractivity contribution in [1.29, 1.82) is 0 Å². The summed E-state index contributed by atoms with van der Waals surface area (Å²) in [5.74, 6) is -2.38. The van der Waals surface area contributed by atoms with Crippen LogP contribution in [0.15, 0.2) is 35.7 Å². The zero-order chi connectivity index (χ0) is 37.4. The second kappa shape index (κ2) is 18.1. The van der Waals surface area contributed by atoms with Crippen molar-refractivity contribution in [3.8, 4) is 0 Å². The van der Waals surface area contributed by atoms with Gasteiger partial charge in [-0.1, -0.05) is 58.0 Å². The number of hydrogen-bond donors (Lipinski definition) is 3. The van der Waals surface area contributed by atoms with E-state index >= 15 is 0 Å². The Morgan fingerprint density at radius 2 is 1.75 bits per heavy atom. The maximum atomic E-state index is 14.1. The van der Waals surface area contributed by atoms with Gasteiger partial charge >= 0.3 is 11.9 Å². The van der Waals surface area contributed by atoms with Crippen molar-refractivity contribution >= 4 is 41.0 Å². The lowest BCUT2D eigenvalue weighted by Gasteiger charge is -2.38. The number of carboxylic acid groups (broad SMARTS) is 1. The minimum absolute atomic E-state index is 0.0319. The van der Waals surface area contributed by atoms with Gasteiger partial charge in [0.05, 0.1) is 12.0 Å². The topological polar surface area (TPSA) is 158 Å². The van der Waals surface area contributed by atoms with Crippen molar-refractivity contribution < 1.29 is 33.8 Å². The van der Waals surface area contributed by atoms with Gasteiger partial charge in [0.1, 0.15) is 16.7 Å². The highest BCUT2D eigenvalue weighted by Crippen LogP contribution is 2.36. The van der Waals surface area contributed by atoms with E-state index in [0.29, 0.717) is 17.3 Å². The van der Waals surface area contributed by atoms with Crippen LogP contribution < -0.4 is 10.6 Å². The van der Waals surface area contributed by atoms with Gasteiger partial charge in [-0.3, -0.25) is 28.9 Å². The van der Waals surface area contributed by atoms with Gasteiger partial charge in [-0.2, -0.15) is 0 Å². The third-order valence-corrected chi connectivity index (χ3v) is 11.2. The molecule has 1 aromatic heterocycles. The van der Waals surface area contributed by atoms with Gasteiger partial charge in [0.25, 0.3) is 5.91 Å². The Labute approximate surface area is 305 Å². The summed E-state index contributed by atoms with van der Waals surface area (Å²) in [7, 11) is 3.69. The number of carboxylic acids is 1. The number of amides is 3. The first-order chi connectivity index (χ1) is 24.1. The number of likely N-dealkylation sites (N-methyl/N-ethyl adjacent to an activating group) is 2. The third-order valence-electron chi connectivity index (χ3n) is 10.2. The smallest absolute Gasteiger partial charge is 0.306 e. The number of piperidine rings is 1. The first-order valence-corrected chi connectivity index (χ1v) is 19.0. The largest absolute Gasteiger partial charge is 0.481 e. The monoisotopic (exact) mass is 725 g/mol. The van der Waals surface area contributed by atoms with Gasteiger partial charge in [0, 0.05) is 37.9 Å². The van der Waals surface area contributed by atoms with E-state index in [9.17, 15) is 29.1 Å². The summed E-state index contributed by atoms with van der Waals surface area (Å²) in [6.45, 7) is 9.91. The fourth-order valence-electron chi connectivity index (χ4n) is 6.92. The van der Waals surface area contributed by atoms with Gasteiger partial charge in [-0.15, -0.1) is 11.3 Å². The number of aromatic nitrogens is 1. The molecular formula is C38H55N5O7S. The standard InChI is InChI=1S/C38H55N5O7S/c1-22(2)30(43(7)37(47)33(27-13-14-27)41-35(46)31-17-23(3)15-16-42(31)6)20-32(50-25(5)44)36-40-29(21-51-36)34(45)39-28(18-24(4)38(48)49)19-26-11-9-8-10-12-26/h8-12,21-24,27-28,30-33H,13-20H2,1-7H3,(H,39,45)(H,41,46)(H,48,49)/t23?,24-,28+,30+,31+,32+,33-/m0/s1. The van der Waals surface area contributed by atoms with Crippen molar-refractivity contribution in [3.63, 3.8) is 0 Å². The van der Waals surface area contributed by atoms with Crippen LogP contribution in [0, 0.1) is 23.7 Å². The average molecular weight is 726 g/mol. The fourth-order valence-corrected chi connectivity index (χ4v) is 7.76. The van der Waals surface area contributed by atoms with Crippen LogP contribution in [0.5, 0.6) is 0 Å². The summed E-state index contributed by atoms with van der Waals surface area (Å²) in [6.07, 6.45) is 3.64. The van der Waals surface area contributed by atoms with Gasteiger partial charge < -0.3 is 25.4 Å². The number of hydrogen-bond acceptors (Lipinski definition) is 9. The quantitative estimate of drug-likeness (QED) is 0.197.